The molecular weight excluding hydrogens is 520 g/mol. The fraction of sp³-hybridized carbons (Fsp3) is 0.868. The number of unbranched alkanes of at least 4 members (excludes halogenated alkanes) is 22. The van der Waals surface area contributed by atoms with Crippen LogP contribution in [0.2, 0.25) is 0 Å². The quantitative estimate of drug-likeness (QED) is 0.0459. The first-order chi connectivity index (χ1) is 20.7. The van der Waals surface area contributed by atoms with Gasteiger partial charge in [-0.25, -0.2) is 0 Å². The Kier molecular flexibility index (Phi) is 35.1. The zero-order valence-corrected chi connectivity index (χ0v) is 28.3. The first-order valence-corrected chi connectivity index (χ1v) is 18.4. The van der Waals surface area contributed by atoms with Crippen molar-refractivity contribution in [3.8, 4) is 0 Å². The van der Waals surface area contributed by atoms with E-state index in [4.69, 9.17) is 9.47 Å². The van der Waals surface area contributed by atoms with Crippen LogP contribution in [0.25, 0.3) is 0 Å². The van der Waals surface area contributed by atoms with E-state index in [0.29, 0.717) is 19.6 Å². The summed E-state index contributed by atoms with van der Waals surface area (Å²) in [6.07, 6.45) is 42.1. The molecular formula is C38H72O4. The number of aliphatic hydroxyl groups is 1. The highest BCUT2D eigenvalue weighted by molar-refractivity contribution is 5.69. The van der Waals surface area contributed by atoms with E-state index >= 15 is 0 Å². The molecule has 4 nitrogen and oxygen atoms in total. The highest BCUT2D eigenvalue weighted by atomic mass is 16.6. The van der Waals surface area contributed by atoms with Gasteiger partial charge in [0, 0.05) is 13.0 Å². The predicted octanol–water partition coefficient (Wildman–Crippen LogP) is 11.6. The third-order valence-electron chi connectivity index (χ3n) is 8.03. The molecule has 0 aromatic rings. The third kappa shape index (κ3) is 33.4. The van der Waals surface area contributed by atoms with Gasteiger partial charge in [-0.15, -0.1) is 0 Å². The molecule has 248 valence electrons. The minimum Gasteiger partial charge on any atom is -0.457 e. The van der Waals surface area contributed by atoms with Crippen LogP contribution in [0, 0.1) is 0 Å². The Morgan fingerprint density at radius 2 is 1.00 bits per heavy atom. The van der Waals surface area contributed by atoms with Crippen LogP contribution in [0.5, 0.6) is 0 Å². The number of rotatable bonds is 34. The summed E-state index contributed by atoms with van der Waals surface area (Å²) in [4.78, 5) is 12.1. The van der Waals surface area contributed by atoms with Gasteiger partial charge in [-0.1, -0.05) is 160 Å². The smallest absolute Gasteiger partial charge is 0.306 e. The molecule has 0 aromatic carbocycles. The van der Waals surface area contributed by atoms with Gasteiger partial charge in [-0.3, -0.25) is 4.79 Å². The summed E-state index contributed by atoms with van der Waals surface area (Å²) >= 11 is 0. The molecule has 1 unspecified atom stereocenters. The van der Waals surface area contributed by atoms with Crippen LogP contribution in [0.1, 0.15) is 187 Å². The summed E-state index contributed by atoms with van der Waals surface area (Å²) in [6.45, 7) is 5.33. The minimum absolute atomic E-state index is 0.174. The molecule has 4 heteroatoms. The lowest BCUT2D eigenvalue weighted by Crippen LogP contribution is -2.27. The average molecular weight is 593 g/mol. The second kappa shape index (κ2) is 36.1. The number of allylic oxidation sites excluding steroid dienone is 4. The maximum Gasteiger partial charge on any atom is 0.306 e. The molecule has 0 aromatic heterocycles. The molecule has 0 heterocycles. The van der Waals surface area contributed by atoms with Crippen LogP contribution >= 0.6 is 0 Å². The summed E-state index contributed by atoms with van der Waals surface area (Å²) in [6, 6.07) is 0. The lowest BCUT2D eigenvalue weighted by Gasteiger charge is -2.15. The Balaban J connectivity index is 3.46. The number of ether oxygens (including phenoxy) is 2. The predicted molar refractivity (Wildman–Crippen MR) is 182 cm³/mol. The molecule has 42 heavy (non-hydrogen) atoms. The number of aliphatic hydroxyl groups excluding tert-OH is 1. The highest BCUT2D eigenvalue weighted by Gasteiger charge is 2.13. The summed E-state index contributed by atoms with van der Waals surface area (Å²) in [7, 11) is 0. The normalized spacial score (nSPS) is 12.5. The lowest BCUT2D eigenvalue weighted by molar-refractivity contribution is -0.154. The zero-order valence-electron chi connectivity index (χ0n) is 28.3. The SMILES string of the molecule is CCCCCC/C=C\C/C=C\CCCCCCCC(=O)OC(CO)COCCCCCCCCCCCCCCCC. The molecule has 0 aliphatic heterocycles. The molecule has 0 amide bonds. The van der Waals surface area contributed by atoms with E-state index in [9.17, 15) is 9.90 Å². The van der Waals surface area contributed by atoms with E-state index in [0.717, 1.165) is 38.5 Å². The molecule has 0 saturated heterocycles. The molecule has 1 atom stereocenters. The summed E-state index contributed by atoms with van der Waals surface area (Å²) in [5.74, 6) is -0.213. The molecule has 0 fully saturated rings. The molecule has 1 N–H and O–H groups in total. The lowest BCUT2D eigenvalue weighted by atomic mass is 10.0. The van der Waals surface area contributed by atoms with Crippen molar-refractivity contribution in [1.82, 2.24) is 0 Å². The molecule has 0 bridgehead atoms. The van der Waals surface area contributed by atoms with Crippen LogP contribution in [0.3, 0.4) is 0 Å². The number of hydrogen-bond acceptors (Lipinski definition) is 4. The Labute approximate surface area is 262 Å². The number of carbonyl (C=O) groups is 1. The van der Waals surface area contributed by atoms with E-state index < -0.39 is 6.10 Å². The number of esters is 1. The fourth-order valence-corrected chi connectivity index (χ4v) is 5.24. The zero-order chi connectivity index (χ0) is 30.6. The van der Waals surface area contributed by atoms with Gasteiger partial charge in [0.1, 0.15) is 6.10 Å². The molecule has 0 aliphatic carbocycles. The average Bonchev–Trinajstić information content (AvgIpc) is 3.00. The van der Waals surface area contributed by atoms with Gasteiger partial charge in [-0.2, -0.15) is 0 Å². The first kappa shape index (κ1) is 40.9. The standard InChI is InChI=1S/C38H72O4/c1-3-5-7-9-11-13-15-17-19-20-21-23-25-27-29-31-33-38(40)42-37(35-39)36-41-34-32-30-28-26-24-22-18-16-14-12-10-8-6-4-2/h13,15,19-20,37,39H,3-12,14,16-18,21-36H2,1-2H3/b15-13-,20-19-. The van der Waals surface area contributed by atoms with Crippen molar-refractivity contribution in [1.29, 1.82) is 0 Å². The van der Waals surface area contributed by atoms with Crippen molar-refractivity contribution in [3.05, 3.63) is 24.3 Å². The molecule has 0 radical (unpaired) electrons. The van der Waals surface area contributed by atoms with E-state index in [2.05, 4.69) is 38.2 Å². The van der Waals surface area contributed by atoms with E-state index in [1.54, 1.807) is 0 Å². The van der Waals surface area contributed by atoms with Crippen molar-refractivity contribution in [3.63, 3.8) is 0 Å². The van der Waals surface area contributed by atoms with Gasteiger partial charge < -0.3 is 14.6 Å². The molecule has 0 rings (SSSR count). The summed E-state index contributed by atoms with van der Waals surface area (Å²) < 4.78 is 11.1. The molecule has 0 aliphatic rings. The molecule has 0 saturated carbocycles. The summed E-state index contributed by atoms with van der Waals surface area (Å²) in [5, 5.41) is 9.55. The Morgan fingerprint density at radius 3 is 1.50 bits per heavy atom. The van der Waals surface area contributed by atoms with Crippen molar-refractivity contribution in [2.24, 2.45) is 0 Å². The number of hydrogen-bond donors (Lipinski definition) is 1. The second-order valence-electron chi connectivity index (χ2n) is 12.3. The van der Waals surface area contributed by atoms with Gasteiger partial charge >= 0.3 is 5.97 Å². The Bertz CT molecular complexity index is 586. The van der Waals surface area contributed by atoms with Crippen molar-refractivity contribution in [2.45, 2.75) is 193 Å². The largest absolute Gasteiger partial charge is 0.457 e. The minimum atomic E-state index is -0.535. The molecule has 0 spiro atoms. The van der Waals surface area contributed by atoms with Gasteiger partial charge in [0.2, 0.25) is 0 Å². The van der Waals surface area contributed by atoms with Crippen LogP contribution in [0.4, 0.5) is 0 Å². The van der Waals surface area contributed by atoms with Crippen LogP contribution < -0.4 is 0 Å². The highest BCUT2D eigenvalue weighted by Crippen LogP contribution is 2.13. The maximum absolute atomic E-state index is 12.1. The van der Waals surface area contributed by atoms with Gasteiger partial charge in [0.15, 0.2) is 0 Å². The second-order valence-corrected chi connectivity index (χ2v) is 12.3. The van der Waals surface area contributed by atoms with Gasteiger partial charge in [0.25, 0.3) is 0 Å². The third-order valence-corrected chi connectivity index (χ3v) is 8.03. The topological polar surface area (TPSA) is 55.8 Å². The maximum atomic E-state index is 12.1. The summed E-state index contributed by atoms with van der Waals surface area (Å²) in [5.41, 5.74) is 0. The van der Waals surface area contributed by atoms with Crippen LogP contribution in [0.15, 0.2) is 24.3 Å². The fourth-order valence-electron chi connectivity index (χ4n) is 5.24. The van der Waals surface area contributed by atoms with Gasteiger partial charge in [0.05, 0.1) is 13.2 Å². The first-order valence-electron chi connectivity index (χ1n) is 18.4. The van der Waals surface area contributed by atoms with Gasteiger partial charge in [-0.05, 0) is 44.9 Å². The van der Waals surface area contributed by atoms with Crippen molar-refractivity contribution >= 4 is 5.97 Å². The van der Waals surface area contributed by atoms with E-state index in [1.807, 2.05) is 0 Å². The van der Waals surface area contributed by atoms with E-state index in [-0.39, 0.29) is 12.6 Å². The number of carbonyl (C=O) groups excluding carboxylic acids is 1. The van der Waals surface area contributed by atoms with Crippen molar-refractivity contribution in [2.75, 3.05) is 19.8 Å². The van der Waals surface area contributed by atoms with Crippen LogP contribution in [-0.2, 0) is 14.3 Å². The van der Waals surface area contributed by atoms with Crippen LogP contribution in [-0.4, -0.2) is 37.0 Å². The monoisotopic (exact) mass is 593 g/mol. The Morgan fingerprint density at radius 1 is 0.571 bits per heavy atom. The van der Waals surface area contributed by atoms with Crippen molar-refractivity contribution < 1.29 is 19.4 Å². The Hall–Kier alpha value is -1.13. The van der Waals surface area contributed by atoms with E-state index in [1.165, 1.54) is 128 Å².